The number of rotatable bonds is 7. The highest BCUT2D eigenvalue weighted by Crippen LogP contribution is 2.29. The number of allylic oxidation sites excluding steroid dienone is 1. The minimum absolute atomic E-state index is 0.338. The van der Waals surface area contributed by atoms with E-state index in [0.717, 1.165) is 17.7 Å². The van der Waals surface area contributed by atoms with Crippen LogP contribution in [0, 0.1) is 5.92 Å². The molecule has 0 bridgehead atoms. The third-order valence-electron chi connectivity index (χ3n) is 3.94. The van der Waals surface area contributed by atoms with Gasteiger partial charge in [0.15, 0.2) is 0 Å². The monoisotopic (exact) mass is 346 g/mol. The lowest BCUT2D eigenvalue weighted by atomic mass is 9.95. The average molecular weight is 346 g/mol. The molecule has 2 N–H and O–H groups in total. The normalized spacial score (nSPS) is 17.2. The lowest BCUT2D eigenvalue weighted by Crippen LogP contribution is -2.45. The molecule has 2 amide bonds. The molecule has 1 heterocycles. The summed E-state index contributed by atoms with van der Waals surface area (Å²) in [6, 6.07) is 6.45. The van der Waals surface area contributed by atoms with Gasteiger partial charge in [-0.25, -0.2) is 9.59 Å². The molecule has 1 aliphatic rings. The molecular weight excluding hydrogens is 320 g/mol. The molecule has 1 aromatic rings. The van der Waals surface area contributed by atoms with Crippen LogP contribution in [0.15, 0.2) is 35.5 Å². The Hall–Kier alpha value is -2.50. The molecular formula is C19H26N2O4. The van der Waals surface area contributed by atoms with Crippen LogP contribution in [0.5, 0.6) is 5.75 Å². The van der Waals surface area contributed by atoms with Crippen LogP contribution >= 0.6 is 0 Å². The topological polar surface area (TPSA) is 76.7 Å². The predicted molar refractivity (Wildman–Crippen MR) is 95.1 cm³/mol. The van der Waals surface area contributed by atoms with E-state index in [1.807, 2.05) is 31.2 Å². The van der Waals surface area contributed by atoms with E-state index in [2.05, 4.69) is 24.5 Å². The first-order valence-electron chi connectivity index (χ1n) is 8.60. The molecule has 0 aromatic heterocycles. The average Bonchev–Trinajstić information content (AvgIpc) is 2.54. The maximum atomic E-state index is 12.6. The largest absolute Gasteiger partial charge is 0.494 e. The summed E-state index contributed by atoms with van der Waals surface area (Å²) in [6.07, 6.45) is 0.797. The summed E-state index contributed by atoms with van der Waals surface area (Å²) < 4.78 is 10.8. The Bertz CT molecular complexity index is 650. The van der Waals surface area contributed by atoms with Crippen molar-refractivity contribution in [3.05, 3.63) is 41.1 Å². The van der Waals surface area contributed by atoms with Gasteiger partial charge in [-0.1, -0.05) is 26.0 Å². The van der Waals surface area contributed by atoms with Gasteiger partial charge in [-0.15, -0.1) is 0 Å². The molecule has 2 rings (SSSR count). The summed E-state index contributed by atoms with van der Waals surface area (Å²) in [5.41, 5.74) is 1.73. The summed E-state index contributed by atoms with van der Waals surface area (Å²) in [5.74, 6) is 0.784. The molecule has 6 nitrogen and oxygen atoms in total. The van der Waals surface area contributed by atoms with Crippen LogP contribution < -0.4 is 15.4 Å². The van der Waals surface area contributed by atoms with Crippen LogP contribution in [0.3, 0.4) is 0 Å². The van der Waals surface area contributed by atoms with Crippen molar-refractivity contribution in [3.63, 3.8) is 0 Å². The highest BCUT2D eigenvalue weighted by Gasteiger charge is 2.32. The second-order valence-corrected chi connectivity index (χ2v) is 6.39. The first-order valence-corrected chi connectivity index (χ1v) is 8.60. The summed E-state index contributed by atoms with van der Waals surface area (Å²) in [4.78, 5) is 24.4. The molecule has 1 atom stereocenters. The van der Waals surface area contributed by atoms with E-state index in [9.17, 15) is 9.59 Å². The van der Waals surface area contributed by atoms with Crippen molar-refractivity contribution in [1.82, 2.24) is 10.6 Å². The first-order chi connectivity index (χ1) is 11.9. The van der Waals surface area contributed by atoms with Crippen LogP contribution in [0.25, 0.3) is 0 Å². The van der Waals surface area contributed by atoms with Crippen molar-refractivity contribution in [2.75, 3.05) is 13.2 Å². The fourth-order valence-corrected chi connectivity index (χ4v) is 2.60. The Labute approximate surface area is 148 Å². The number of hydrogen-bond donors (Lipinski definition) is 2. The molecule has 6 heteroatoms. The van der Waals surface area contributed by atoms with Crippen molar-refractivity contribution < 1.29 is 19.1 Å². The van der Waals surface area contributed by atoms with Crippen LogP contribution in [-0.4, -0.2) is 25.2 Å². The number of ether oxygens (including phenoxy) is 2. The molecule has 25 heavy (non-hydrogen) atoms. The first kappa shape index (κ1) is 18.8. The fraction of sp³-hybridized carbons (Fsp3) is 0.474. The summed E-state index contributed by atoms with van der Waals surface area (Å²) in [5, 5.41) is 5.44. The maximum Gasteiger partial charge on any atom is 0.338 e. The van der Waals surface area contributed by atoms with E-state index < -0.39 is 12.0 Å². The lowest BCUT2D eigenvalue weighted by Gasteiger charge is -2.28. The number of carbonyl (C=O) groups is 2. The number of amides is 2. The van der Waals surface area contributed by atoms with Crippen molar-refractivity contribution in [1.29, 1.82) is 0 Å². The van der Waals surface area contributed by atoms with E-state index in [1.54, 1.807) is 6.92 Å². The van der Waals surface area contributed by atoms with Gasteiger partial charge in [0.25, 0.3) is 0 Å². The smallest absolute Gasteiger partial charge is 0.338 e. The van der Waals surface area contributed by atoms with Gasteiger partial charge in [0.05, 0.1) is 24.8 Å². The van der Waals surface area contributed by atoms with Gasteiger partial charge in [-0.05, 0) is 43.9 Å². The molecule has 0 saturated heterocycles. The lowest BCUT2D eigenvalue weighted by molar-refractivity contribution is -0.139. The van der Waals surface area contributed by atoms with E-state index >= 15 is 0 Å². The van der Waals surface area contributed by atoms with Crippen molar-refractivity contribution in [2.45, 2.75) is 40.2 Å². The minimum atomic E-state index is -0.545. The van der Waals surface area contributed by atoms with E-state index in [-0.39, 0.29) is 6.03 Å². The number of nitrogens with one attached hydrogen (secondary N) is 2. The standard InChI is InChI=1S/C19H26N2O4/c1-5-24-15-8-6-14(7-9-15)17-16(13(4)20-19(23)21-17)18(22)25-11-10-12(2)3/h6-9,12,17H,5,10-11H2,1-4H3,(H2,20,21,23)/t17-/m1/s1. The SMILES string of the molecule is CCOc1ccc([C@H]2NC(=O)NC(C)=C2C(=O)OCCC(C)C)cc1. The van der Waals surface area contributed by atoms with Gasteiger partial charge in [0, 0.05) is 5.70 Å². The molecule has 0 saturated carbocycles. The van der Waals surface area contributed by atoms with Gasteiger partial charge in [0.1, 0.15) is 5.75 Å². The number of benzene rings is 1. The second kappa shape index (κ2) is 8.55. The quantitative estimate of drug-likeness (QED) is 0.743. The summed E-state index contributed by atoms with van der Waals surface area (Å²) in [7, 11) is 0. The molecule has 1 aliphatic heterocycles. The second-order valence-electron chi connectivity index (χ2n) is 6.39. The van der Waals surface area contributed by atoms with Gasteiger partial charge in [0.2, 0.25) is 0 Å². The zero-order chi connectivity index (χ0) is 18.4. The number of esters is 1. The Kier molecular flexibility index (Phi) is 6.44. The maximum absolute atomic E-state index is 12.6. The molecule has 0 unspecified atom stereocenters. The van der Waals surface area contributed by atoms with Gasteiger partial charge < -0.3 is 20.1 Å². The van der Waals surface area contributed by atoms with E-state index in [4.69, 9.17) is 9.47 Å². The summed E-state index contributed by atoms with van der Waals surface area (Å²) >= 11 is 0. The van der Waals surface area contributed by atoms with E-state index in [1.165, 1.54) is 0 Å². The van der Waals surface area contributed by atoms with E-state index in [0.29, 0.717) is 30.4 Å². The molecule has 0 fully saturated rings. The van der Waals surface area contributed by atoms with Crippen molar-refractivity contribution in [3.8, 4) is 5.75 Å². The Morgan fingerprint density at radius 3 is 2.52 bits per heavy atom. The minimum Gasteiger partial charge on any atom is -0.494 e. The summed E-state index contributed by atoms with van der Waals surface area (Å²) in [6.45, 7) is 8.71. The highest BCUT2D eigenvalue weighted by atomic mass is 16.5. The number of hydrogen-bond acceptors (Lipinski definition) is 4. The third kappa shape index (κ3) is 4.98. The zero-order valence-electron chi connectivity index (χ0n) is 15.2. The molecule has 1 aromatic carbocycles. The molecule has 0 aliphatic carbocycles. The Morgan fingerprint density at radius 2 is 1.92 bits per heavy atom. The van der Waals surface area contributed by atoms with Gasteiger partial charge >= 0.3 is 12.0 Å². The predicted octanol–water partition coefficient (Wildman–Crippen LogP) is 3.30. The molecule has 0 spiro atoms. The van der Waals surface area contributed by atoms with Crippen LogP contribution in [0.2, 0.25) is 0 Å². The van der Waals surface area contributed by atoms with Crippen LogP contribution in [-0.2, 0) is 9.53 Å². The molecule has 0 radical (unpaired) electrons. The van der Waals surface area contributed by atoms with Gasteiger partial charge in [-0.3, -0.25) is 0 Å². The Balaban J connectivity index is 2.22. The Morgan fingerprint density at radius 1 is 1.24 bits per heavy atom. The van der Waals surface area contributed by atoms with Crippen molar-refractivity contribution in [2.24, 2.45) is 5.92 Å². The van der Waals surface area contributed by atoms with Crippen LogP contribution in [0.4, 0.5) is 4.79 Å². The van der Waals surface area contributed by atoms with Crippen LogP contribution in [0.1, 0.15) is 45.7 Å². The molecule has 136 valence electrons. The number of urea groups is 1. The third-order valence-corrected chi connectivity index (χ3v) is 3.94. The highest BCUT2D eigenvalue weighted by molar-refractivity contribution is 5.95. The zero-order valence-corrected chi connectivity index (χ0v) is 15.2. The van der Waals surface area contributed by atoms with Crippen molar-refractivity contribution >= 4 is 12.0 Å². The fourth-order valence-electron chi connectivity index (χ4n) is 2.60. The number of carbonyl (C=O) groups excluding carboxylic acids is 2. The van der Waals surface area contributed by atoms with Gasteiger partial charge in [-0.2, -0.15) is 0 Å².